The van der Waals surface area contributed by atoms with Crippen LogP contribution >= 0.6 is 0 Å². The predicted octanol–water partition coefficient (Wildman–Crippen LogP) is 11.6. The first-order valence-corrected chi connectivity index (χ1v) is 18.2. The molecule has 0 amide bonds. The van der Waals surface area contributed by atoms with Crippen molar-refractivity contribution < 1.29 is 0 Å². The molecule has 0 aromatic heterocycles. The number of aryl methyl sites for hydroxylation is 4. The molecule has 0 heterocycles. The molecule has 0 saturated heterocycles. The molecule has 8 fully saturated rings. The minimum absolute atomic E-state index is 0.385. The van der Waals surface area contributed by atoms with Gasteiger partial charge in [-0.05, 0) is 205 Å². The van der Waals surface area contributed by atoms with E-state index < -0.39 is 0 Å². The van der Waals surface area contributed by atoms with Crippen molar-refractivity contribution in [1.29, 1.82) is 0 Å². The van der Waals surface area contributed by atoms with E-state index in [1.54, 1.807) is 21.9 Å². The molecule has 8 saturated carbocycles. The Morgan fingerprint density at radius 2 is 0.818 bits per heavy atom. The summed E-state index contributed by atoms with van der Waals surface area (Å²) in [4.78, 5) is 0. The largest absolute Gasteiger partial charge is 0.0613 e. The van der Waals surface area contributed by atoms with Crippen molar-refractivity contribution in [3.05, 3.63) is 94.0 Å². The predicted molar refractivity (Wildman–Crippen MR) is 184 cm³/mol. The van der Waals surface area contributed by atoms with E-state index in [1.165, 1.54) is 110 Å². The summed E-state index contributed by atoms with van der Waals surface area (Å²) in [6.07, 6.45) is 17.9. The van der Waals surface area contributed by atoms with E-state index in [0.717, 1.165) is 23.7 Å². The van der Waals surface area contributed by atoms with Crippen LogP contribution in [-0.2, 0) is 10.8 Å². The Bertz CT molecular complexity index is 1700. The molecule has 0 heteroatoms. The first-order valence-electron chi connectivity index (χ1n) is 18.2. The zero-order valence-electron chi connectivity index (χ0n) is 27.6. The third-order valence-corrected chi connectivity index (χ3v) is 15.6. The quantitative estimate of drug-likeness (QED) is 0.227. The number of hydrogen-bond acceptors (Lipinski definition) is 0. The number of fused-ring (bicyclic) bond motifs is 2. The summed E-state index contributed by atoms with van der Waals surface area (Å²) in [5, 5.41) is 6.19. The molecule has 4 aromatic rings. The third-order valence-electron chi connectivity index (χ3n) is 15.6. The molecule has 226 valence electrons. The monoisotopic (exact) mass is 578 g/mol. The highest BCUT2D eigenvalue weighted by Crippen LogP contribution is 2.79. The van der Waals surface area contributed by atoms with Gasteiger partial charge in [0.25, 0.3) is 0 Å². The summed E-state index contributed by atoms with van der Waals surface area (Å²) >= 11 is 0. The fraction of sp³-hybridized carbons (Fsp3) is 0.545. The molecule has 0 spiro atoms. The minimum Gasteiger partial charge on any atom is -0.0613 e. The molecule has 0 radical (unpaired) electrons. The number of benzene rings is 4. The second-order valence-corrected chi connectivity index (χ2v) is 17.9. The molecule has 8 bridgehead atoms. The molecule has 0 N–H and O–H groups in total. The fourth-order valence-corrected chi connectivity index (χ4v) is 14.6. The fourth-order valence-electron chi connectivity index (χ4n) is 14.6. The van der Waals surface area contributed by atoms with E-state index in [2.05, 4.69) is 88.4 Å². The van der Waals surface area contributed by atoms with Crippen LogP contribution in [0.25, 0.3) is 21.5 Å². The van der Waals surface area contributed by atoms with Gasteiger partial charge < -0.3 is 0 Å². The van der Waals surface area contributed by atoms with Gasteiger partial charge in [0.2, 0.25) is 0 Å². The maximum Gasteiger partial charge on any atom is -0.00301 e. The van der Waals surface area contributed by atoms with Gasteiger partial charge in [-0.25, -0.2) is 0 Å². The highest BCUT2D eigenvalue weighted by atomic mass is 14.7. The van der Waals surface area contributed by atoms with E-state index in [9.17, 15) is 0 Å². The second-order valence-electron chi connectivity index (χ2n) is 17.9. The highest BCUT2D eigenvalue weighted by molar-refractivity contribution is 5.91. The van der Waals surface area contributed by atoms with Gasteiger partial charge in [0.05, 0.1) is 0 Å². The van der Waals surface area contributed by atoms with E-state index >= 15 is 0 Å². The lowest BCUT2D eigenvalue weighted by molar-refractivity contribution is -0.211. The van der Waals surface area contributed by atoms with Crippen molar-refractivity contribution in [2.45, 2.75) is 116 Å². The summed E-state index contributed by atoms with van der Waals surface area (Å²) in [5.74, 6) is 3.74. The number of hydrogen-bond donors (Lipinski definition) is 0. The maximum absolute atomic E-state index is 2.58. The average Bonchev–Trinajstić information content (AvgIpc) is 2.99. The lowest BCUT2D eigenvalue weighted by atomic mass is 9.30. The molecule has 4 atom stereocenters. The Labute approximate surface area is 265 Å². The van der Waals surface area contributed by atoms with Gasteiger partial charge >= 0.3 is 0 Å². The molecule has 4 unspecified atom stereocenters. The van der Waals surface area contributed by atoms with Crippen LogP contribution in [0.2, 0.25) is 0 Å². The van der Waals surface area contributed by atoms with E-state index in [4.69, 9.17) is 0 Å². The zero-order valence-corrected chi connectivity index (χ0v) is 27.6. The second kappa shape index (κ2) is 8.60. The normalized spacial score (nSPS) is 40.0. The summed E-state index contributed by atoms with van der Waals surface area (Å²) in [5.41, 5.74) is 11.2. The van der Waals surface area contributed by atoms with E-state index in [1.807, 2.05) is 0 Å². The SMILES string of the molecule is Cc1ccc2c(C34CC5CC(C3)CC(C36CC7CC(CC(c8cccc9c(C)c(C)ccc89)(C7)C3)C6)(C5)C4)cccc2c1C. The van der Waals surface area contributed by atoms with Crippen molar-refractivity contribution in [2.24, 2.45) is 34.5 Å². The third kappa shape index (κ3) is 3.31. The molecule has 8 aliphatic carbocycles. The smallest absolute Gasteiger partial charge is 0.00301 e. The Morgan fingerprint density at radius 3 is 1.20 bits per heavy atom. The van der Waals surface area contributed by atoms with Crippen molar-refractivity contribution in [2.75, 3.05) is 0 Å². The van der Waals surface area contributed by atoms with Crippen LogP contribution in [0.4, 0.5) is 0 Å². The Hall–Kier alpha value is -2.60. The topological polar surface area (TPSA) is 0 Å². The summed E-state index contributed by atoms with van der Waals surface area (Å²) in [6, 6.07) is 24.6. The lowest BCUT2D eigenvalue weighted by Gasteiger charge is -2.74. The molecule has 4 aromatic carbocycles. The highest BCUT2D eigenvalue weighted by Gasteiger charge is 2.70. The molecular weight excluding hydrogens is 528 g/mol. The number of rotatable bonds is 3. The summed E-state index contributed by atoms with van der Waals surface area (Å²) < 4.78 is 0. The van der Waals surface area contributed by atoms with Gasteiger partial charge in [-0.1, -0.05) is 60.7 Å². The van der Waals surface area contributed by atoms with Crippen LogP contribution in [0.5, 0.6) is 0 Å². The van der Waals surface area contributed by atoms with Crippen molar-refractivity contribution >= 4 is 21.5 Å². The van der Waals surface area contributed by atoms with Gasteiger partial charge in [-0.3, -0.25) is 0 Å². The Kier molecular flexibility index (Phi) is 5.20. The van der Waals surface area contributed by atoms with Crippen molar-refractivity contribution in [3.63, 3.8) is 0 Å². The summed E-state index contributed by atoms with van der Waals surface area (Å²) in [7, 11) is 0. The van der Waals surface area contributed by atoms with Crippen LogP contribution in [-0.4, -0.2) is 0 Å². The van der Waals surface area contributed by atoms with Crippen molar-refractivity contribution in [1.82, 2.24) is 0 Å². The first-order chi connectivity index (χ1) is 21.2. The zero-order chi connectivity index (χ0) is 29.6. The van der Waals surface area contributed by atoms with E-state index in [-0.39, 0.29) is 0 Å². The standard InChI is InChI=1S/C44H50/c1-27-11-13-37-35(29(27)3)7-5-9-39(37)41-17-31-15-32(18-41)22-43(21-31,25-41)44-23-33-16-34(24-44)20-42(19-33,26-44)40-10-6-8-36-30(4)28(2)12-14-38(36)40/h5-14,31-34H,15-26H2,1-4H3. The molecular formula is C44H50. The average molecular weight is 579 g/mol. The lowest BCUT2D eigenvalue weighted by Crippen LogP contribution is -2.66. The molecule has 44 heavy (non-hydrogen) atoms. The Balaban J connectivity index is 1.12. The maximum atomic E-state index is 2.58. The van der Waals surface area contributed by atoms with Crippen LogP contribution in [0.3, 0.4) is 0 Å². The molecule has 0 aliphatic heterocycles. The summed E-state index contributed by atoms with van der Waals surface area (Å²) in [6.45, 7) is 9.30. The van der Waals surface area contributed by atoms with Gasteiger partial charge in [-0.15, -0.1) is 0 Å². The van der Waals surface area contributed by atoms with Gasteiger partial charge in [0.15, 0.2) is 0 Å². The first kappa shape index (κ1) is 26.6. The van der Waals surface area contributed by atoms with Crippen molar-refractivity contribution in [3.8, 4) is 0 Å². The van der Waals surface area contributed by atoms with E-state index in [0.29, 0.717) is 21.7 Å². The van der Waals surface area contributed by atoms with Gasteiger partial charge in [-0.2, -0.15) is 0 Å². The molecule has 8 aliphatic rings. The minimum atomic E-state index is 0.385. The van der Waals surface area contributed by atoms with Crippen LogP contribution in [0.1, 0.15) is 110 Å². The van der Waals surface area contributed by atoms with Crippen LogP contribution in [0, 0.1) is 62.2 Å². The van der Waals surface area contributed by atoms with Gasteiger partial charge in [0.1, 0.15) is 0 Å². The van der Waals surface area contributed by atoms with Crippen LogP contribution < -0.4 is 0 Å². The van der Waals surface area contributed by atoms with Crippen LogP contribution in [0.15, 0.2) is 60.7 Å². The Morgan fingerprint density at radius 1 is 0.432 bits per heavy atom. The molecule has 0 nitrogen and oxygen atoms in total. The van der Waals surface area contributed by atoms with Gasteiger partial charge in [0, 0.05) is 0 Å². The molecule has 12 rings (SSSR count).